The number of hydrogen-bond donors (Lipinski definition) is 0. The molecule has 2 nitrogen and oxygen atoms in total. The van der Waals surface area contributed by atoms with E-state index >= 15 is 0 Å². The van der Waals surface area contributed by atoms with Gasteiger partial charge in [0.05, 0.1) is 11.4 Å². The van der Waals surface area contributed by atoms with Gasteiger partial charge in [-0.05, 0) is 58.4 Å². The fourth-order valence-electron chi connectivity index (χ4n) is 7.33. The van der Waals surface area contributed by atoms with Crippen LogP contribution < -0.4 is 0 Å². The minimum atomic E-state index is 0.124. The summed E-state index contributed by atoms with van der Waals surface area (Å²) in [5.41, 5.74) is 13.5. The molecular weight excluding hydrogens is 508 g/mol. The Morgan fingerprint density at radius 3 is 1.62 bits per heavy atom. The maximum Gasteiger partial charge on any atom is 0.161 e. The molecular formula is C40H32N2. The van der Waals surface area contributed by atoms with Gasteiger partial charge in [0.2, 0.25) is 0 Å². The van der Waals surface area contributed by atoms with Crippen LogP contribution >= 0.6 is 0 Å². The first-order chi connectivity index (χ1) is 20.8. The van der Waals surface area contributed by atoms with E-state index in [1.54, 1.807) is 0 Å². The zero-order valence-electron chi connectivity index (χ0n) is 23.6. The number of nitrogens with zero attached hydrogens (tertiary/aromatic N) is 2. The van der Waals surface area contributed by atoms with Gasteiger partial charge in [-0.3, -0.25) is 0 Å². The largest absolute Gasteiger partial charge is 0.228 e. The van der Waals surface area contributed by atoms with Gasteiger partial charge in [0.25, 0.3) is 0 Å². The molecule has 0 N–H and O–H groups in total. The van der Waals surface area contributed by atoms with Crippen molar-refractivity contribution in [3.8, 4) is 56.2 Å². The Bertz CT molecular complexity index is 1840. The lowest BCUT2D eigenvalue weighted by atomic mass is 9.67. The molecule has 0 aliphatic heterocycles. The van der Waals surface area contributed by atoms with Crippen LogP contribution in [0.1, 0.15) is 43.2 Å². The first kappa shape index (κ1) is 24.9. The van der Waals surface area contributed by atoms with E-state index in [9.17, 15) is 0 Å². The Morgan fingerprint density at radius 1 is 0.405 bits per heavy atom. The summed E-state index contributed by atoms with van der Waals surface area (Å²) >= 11 is 0. The van der Waals surface area contributed by atoms with Gasteiger partial charge in [-0.15, -0.1) is 0 Å². The zero-order valence-corrected chi connectivity index (χ0v) is 23.6. The number of rotatable bonds is 4. The lowest BCUT2D eigenvalue weighted by Gasteiger charge is -2.36. The van der Waals surface area contributed by atoms with Crippen molar-refractivity contribution in [2.24, 2.45) is 0 Å². The molecule has 1 spiro atoms. The second kappa shape index (κ2) is 10.2. The molecule has 2 aliphatic carbocycles. The summed E-state index contributed by atoms with van der Waals surface area (Å²) in [6.45, 7) is 0. The fourth-order valence-corrected chi connectivity index (χ4v) is 7.33. The van der Waals surface area contributed by atoms with E-state index in [0.717, 1.165) is 33.9 Å². The van der Waals surface area contributed by atoms with Crippen LogP contribution in [0.4, 0.5) is 0 Å². The summed E-state index contributed by atoms with van der Waals surface area (Å²) in [6.07, 6.45) is 6.37. The van der Waals surface area contributed by atoms with Crippen molar-refractivity contribution in [2.75, 3.05) is 0 Å². The molecule has 42 heavy (non-hydrogen) atoms. The van der Waals surface area contributed by atoms with Crippen LogP contribution in [-0.2, 0) is 5.41 Å². The summed E-state index contributed by atoms with van der Waals surface area (Å²) < 4.78 is 0. The molecule has 8 rings (SSSR count). The maximum atomic E-state index is 5.16. The summed E-state index contributed by atoms with van der Waals surface area (Å²) in [5, 5.41) is 0. The minimum Gasteiger partial charge on any atom is -0.228 e. The lowest BCUT2D eigenvalue weighted by molar-refractivity contribution is 0.353. The van der Waals surface area contributed by atoms with E-state index in [-0.39, 0.29) is 5.41 Å². The van der Waals surface area contributed by atoms with Crippen LogP contribution in [0, 0.1) is 0 Å². The first-order valence-electron chi connectivity index (χ1n) is 15.1. The number of hydrogen-bond acceptors (Lipinski definition) is 2. The summed E-state index contributed by atoms with van der Waals surface area (Å²) in [6, 6.07) is 47.8. The van der Waals surface area contributed by atoms with Gasteiger partial charge < -0.3 is 0 Å². The summed E-state index contributed by atoms with van der Waals surface area (Å²) in [4.78, 5) is 10.3. The standard InChI is InChI=1S/C40H32N2/c1-4-14-28(15-5-1)37-27-38(29-16-6-2-7-17-29)42-39(41-37)34-20-9-8-18-31(34)30-22-23-33-32-19-10-11-21-35(32)40(36(33)26-30)24-12-3-13-25-40/h1-2,4-11,14-23,26-27H,3,12-13,24-25H2. The van der Waals surface area contributed by atoms with Gasteiger partial charge in [-0.25, -0.2) is 9.97 Å². The number of aromatic nitrogens is 2. The topological polar surface area (TPSA) is 25.8 Å². The van der Waals surface area contributed by atoms with Crippen molar-refractivity contribution in [1.29, 1.82) is 0 Å². The van der Waals surface area contributed by atoms with Crippen molar-refractivity contribution in [3.05, 3.63) is 145 Å². The molecule has 2 aliphatic rings. The first-order valence-corrected chi connectivity index (χ1v) is 15.1. The van der Waals surface area contributed by atoms with Gasteiger partial charge in [-0.2, -0.15) is 0 Å². The average Bonchev–Trinajstić information content (AvgIpc) is 3.34. The zero-order chi connectivity index (χ0) is 27.9. The minimum absolute atomic E-state index is 0.124. The van der Waals surface area contributed by atoms with Crippen LogP contribution in [0.5, 0.6) is 0 Å². The summed E-state index contributed by atoms with van der Waals surface area (Å²) in [5.74, 6) is 0.752. The fraction of sp³-hybridized carbons (Fsp3) is 0.150. The molecule has 1 saturated carbocycles. The molecule has 6 aromatic rings. The molecule has 1 fully saturated rings. The Balaban J connectivity index is 1.30. The molecule has 202 valence electrons. The predicted octanol–water partition coefficient (Wildman–Crippen LogP) is 10.4. The van der Waals surface area contributed by atoms with Crippen molar-refractivity contribution in [3.63, 3.8) is 0 Å². The highest BCUT2D eigenvalue weighted by atomic mass is 14.9. The van der Waals surface area contributed by atoms with Crippen molar-refractivity contribution in [1.82, 2.24) is 9.97 Å². The number of fused-ring (bicyclic) bond motifs is 5. The highest BCUT2D eigenvalue weighted by Gasteiger charge is 2.43. The molecule has 5 aromatic carbocycles. The van der Waals surface area contributed by atoms with Gasteiger partial charge in [0.15, 0.2) is 5.82 Å². The van der Waals surface area contributed by atoms with E-state index < -0.39 is 0 Å². The number of benzene rings is 5. The Morgan fingerprint density at radius 2 is 0.952 bits per heavy atom. The van der Waals surface area contributed by atoms with Crippen LogP contribution in [0.3, 0.4) is 0 Å². The Hall–Kier alpha value is -4.82. The van der Waals surface area contributed by atoms with E-state index in [2.05, 4.69) is 121 Å². The van der Waals surface area contributed by atoms with Crippen LogP contribution in [-0.4, -0.2) is 9.97 Å². The Kier molecular flexibility index (Phi) is 6.07. The van der Waals surface area contributed by atoms with Crippen LogP contribution in [0.15, 0.2) is 133 Å². The molecule has 0 atom stereocenters. The molecule has 0 bridgehead atoms. The van der Waals surface area contributed by atoms with Crippen molar-refractivity contribution < 1.29 is 0 Å². The quantitative estimate of drug-likeness (QED) is 0.222. The maximum absolute atomic E-state index is 5.16. The van der Waals surface area contributed by atoms with Crippen LogP contribution in [0.25, 0.3) is 56.2 Å². The third kappa shape index (κ3) is 4.10. The summed E-state index contributed by atoms with van der Waals surface area (Å²) in [7, 11) is 0. The normalized spacial score (nSPS) is 14.9. The molecule has 0 radical (unpaired) electrons. The highest BCUT2D eigenvalue weighted by molar-refractivity contribution is 5.88. The Labute approximate surface area is 247 Å². The third-order valence-corrected chi connectivity index (χ3v) is 9.32. The molecule has 0 saturated heterocycles. The molecule has 2 heteroatoms. The smallest absolute Gasteiger partial charge is 0.161 e. The van der Waals surface area contributed by atoms with Gasteiger partial charge >= 0.3 is 0 Å². The van der Waals surface area contributed by atoms with Crippen molar-refractivity contribution >= 4 is 0 Å². The van der Waals surface area contributed by atoms with Gasteiger partial charge in [0, 0.05) is 22.1 Å². The predicted molar refractivity (Wildman–Crippen MR) is 173 cm³/mol. The van der Waals surface area contributed by atoms with Gasteiger partial charge in [0.1, 0.15) is 0 Å². The molecule has 1 aromatic heterocycles. The third-order valence-electron chi connectivity index (χ3n) is 9.32. The van der Waals surface area contributed by atoms with Crippen LogP contribution in [0.2, 0.25) is 0 Å². The second-order valence-electron chi connectivity index (χ2n) is 11.7. The molecule has 1 heterocycles. The van der Waals surface area contributed by atoms with Gasteiger partial charge in [-0.1, -0.05) is 141 Å². The second-order valence-corrected chi connectivity index (χ2v) is 11.7. The lowest BCUT2D eigenvalue weighted by Crippen LogP contribution is -2.28. The monoisotopic (exact) mass is 540 g/mol. The SMILES string of the molecule is c1ccc(-c2cc(-c3ccccc3)nc(-c3ccccc3-c3ccc4c(c3)C3(CCCCC3)c3ccccc3-4)n2)cc1. The highest BCUT2D eigenvalue weighted by Crippen LogP contribution is 2.56. The molecule has 0 amide bonds. The van der Waals surface area contributed by atoms with E-state index in [1.807, 2.05) is 12.1 Å². The van der Waals surface area contributed by atoms with E-state index in [4.69, 9.17) is 9.97 Å². The molecule has 0 unspecified atom stereocenters. The van der Waals surface area contributed by atoms with E-state index in [1.165, 1.54) is 65.5 Å². The average molecular weight is 541 g/mol. The van der Waals surface area contributed by atoms with E-state index in [0.29, 0.717) is 0 Å². The van der Waals surface area contributed by atoms with Crippen molar-refractivity contribution in [2.45, 2.75) is 37.5 Å².